The van der Waals surface area contributed by atoms with Gasteiger partial charge in [0.05, 0.1) is 5.69 Å². The minimum atomic E-state index is 0.0134. The van der Waals surface area contributed by atoms with E-state index in [1.165, 1.54) is 37.7 Å². The predicted octanol–water partition coefficient (Wildman–Crippen LogP) is 6.21. The van der Waals surface area contributed by atoms with Crippen LogP contribution in [0.25, 0.3) is 17.3 Å². The van der Waals surface area contributed by atoms with Crippen LogP contribution in [0.3, 0.4) is 0 Å². The highest BCUT2D eigenvalue weighted by Gasteiger charge is 2.16. The standard InChI is InChI=1S/C24H35N3O/c1-6-7-8-9-10-11-18-27-23(22(25-26-27)17-12-19(2)28)20-13-15-21(16-14-20)24(3,4)5/h12-17H,6-11,18H2,1-5H3/b17-12+. The first-order valence-corrected chi connectivity index (χ1v) is 10.6. The summed E-state index contributed by atoms with van der Waals surface area (Å²) in [7, 11) is 0. The SMILES string of the molecule is CCCCCCCCn1nnc(/C=C/C(C)=O)c1-c1ccc(C(C)(C)C)cc1. The summed E-state index contributed by atoms with van der Waals surface area (Å²) in [6.07, 6.45) is 10.8. The average molecular weight is 382 g/mol. The van der Waals surface area contributed by atoms with Crippen molar-refractivity contribution in [2.75, 3.05) is 0 Å². The van der Waals surface area contributed by atoms with Gasteiger partial charge in [0.2, 0.25) is 0 Å². The van der Waals surface area contributed by atoms with Crippen LogP contribution in [0.4, 0.5) is 0 Å². The van der Waals surface area contributed by atoms with Crippen molar-refractivity contribution in [3.05, 3.63) is 41.6 Å². The summed E-state index contributed by atoms with van der Waals surface area (Å²) in [5.41, 5.74) is 4.25. The second-order valence-electron chi connectivity index (χ2n) is 8.59. The summed E-state index contributed by atoms with van der Waals surface area (Å²) >= 11 is 0. The van der Waals surface area contributed by atoms with Crippen LogP contribution < -0.4 is 0 Å². The molecule has 0 unspecified atom stereocenters. The number of unbranched alkanes of at least 4 members (excludes halogenated alkanes) is 5. The van der Waals surface area contributed by atoms with Gasteiger partial charge in [0.15, 0.2) is 5.78 Å². The van der Waals surface area contributed by atoms with Crippen LogP contribution in [-0.4, -0.2) is 20.8 Å². The summed E-state index contributed by atoms with van der Waals surface area (Å²) in [6.45, 7) is 11.3. The van der Waals surface area contributed by atoms with E-state index in [1.807, 2.05) is 4.68 Å². The average Bonchev–Trinajstić information content (AvgIpc) is 3.05. The maximum Gasteiger partial charge on any atom is 0.152 e. The Labute approximate surface area is 170 Å². The fraction of sp³-hybridized carbons (Fsp3) is 0.542. The molecule has 0 amide bonds. The van der Waals surface area contributed by atoms with Gasteiger partial charge in [0, 0.05) is 12.1 Å². The van der Waals surface area contributed by atoms with Gasteiger partial charge in [-0.3, -0.25) is 4.79 Å². The minimum absolute atomic E-state index is 0.0134. The van der Waals surface area contributed by atoms with E-state index < -0.39 is 0 Å². The zero-order valence-electron chi connectivity index (χ0n) is 18.2. The largest absolute Gasteiger partial charge is 0.295 e. The number of hydrogen-bond donors (Lipinski definition) is 0. The molecule has 28 heavy (non-hydrogen) atoms. The van der Waals surface area contributed by atoms with Gasteiger partial charge >= 0.3 is 0 Å². The van der Waals surface area contributed by atoms with E-state index in [1.54, 1.807) is 19.1 Å². The molecule has 4 heteroatoms. The lowest BCUT2D eigenvalue weighted by Gasteiger charge is -2.19. The number of ketones is 1. The summed E-state index contributed by atoms with van der Waals surface area (Å²) < 4.78 is 1.99. The van der Waals surface area contributed by atoms with E-state index >= 15 is 0 Å². The van der Waals surface area contributed by atoms with Crippen molar-refractivity contribution < 1.29 is 4.79 Å². The van der Waals surface area contributed by atoms with Crippen molar-refractivity contribution in [2.24, 2.45) is 0 Å². The van der Waals surface area contributed by atoms with Gasteiger partial charge in [-0.1, -0.05) is 89.3 Å². The molecule has 0 atom stereocenters. The van der Waals surface area contributed by atoms with Gasteiger partial charge in [-0.2, -0.15) is 0 Å². The van der Waals surface area contributed by atoms with Gasteiger partial charge in [-0.15, -0.1) is 5.10 Å². The Bertz CT molecular complexity index is 779. The van der Waals surface area contributed by atoms with E-state index in [0.29, 0.717) is 0 Å². The second kappa shape index (κ2) is 10.4. The van der Waals surface area contributed by atoms with Crippen molar-refractivity contribution in [2.45, 2.75) is 85.1 Å². The monoisotopic (exact) mass is 381 g/mol. The summed E-state index contributed by atoms with van der Waals surface area (Å²) in [5, 5.41) is 8.72. The Hall–Kier alpha value is -2.23. The van der Waals surface area contributed by atoms with Gasteiger partial charge in [0.1, 0.15) is 5.69 Å². The van der Waals surface area contributed by atoms with Crippen molar-refractivity contribution >= 4 is 11.9 Å². The highest BCUT2D eigenvalue weighted by atomic mass is 16.1. The molecule has 152 valence electrons. The number of allylic oxidation sites excluding steroid dienone is 1. The fourth-order valence-electron chi connectivity index (χ4n) is 3.26. The molecule has 0 spiro atoms. The maximum absolute atomic E-state index is 11.4. The molecular weight excluding hydrogens is 346 g/mol. The number of aromatic nitrogens is 3. The first-order valence-electron chi connectivity index (χ1n) is 10.6. The zero-order chi connectivity index (χ0) is 20.6. The molecule has 0 aliphatic heterocycles. The third kappa shape index (κ3) is 6.43. The van der Waals surface area contributed by atoms with Crippen LogP contribution >= 0.6 is 0 Å². The minimum Gasteiger partial charge on any atom is -0.295 e. The third-order valence-electron chi connectivity index (χ3n) is 4.98. The van der Waals surface area contributed by atoms with Crippen LogP contribution in [0.5, 0.6) is 0 Å². The molecular formula is C24H35N3O. The quantitative estimate of drug-likeness (QED) is 0.363. The van der Waals surface area contributed by atoms with Crippen molar-refractivity contribution in [3.8, 4) is 11.3 Å². The van der Waals surface area contributed by atoms with E-state index in [0.717, 1.165) is 29.9 Å². The Kier molecular flexibility index (Phi) is 8.16. The molecule has 1 heterocycles. The Morgan fingerprint density at radius 1 is 1.04 bits per heavy atom. The fourth-order valence-corrected chi connectivity index (χ4v) is 3.26. The normalized spacial score (nSPS) is 12.0. The van der Waals surface area contributed by atoms with Gasteiger partial charge in [0.25, 0.3) is 0 Å². The number of rotatable bonds is 10. The molecule has 1 aromatic carbocycles. The Morgan fingerprint density at radius 2 is 1.68 bits per heavy atom. The van der Waals surface area contributed by atoms with E-state index in [-0.39, 0.29) is 11.2 Å². The number of benzene rings is 1. The van der Waals surface area contributed by atoms with E-state index in [2.05, 4.69) is 62.3 Å². The second-order valence-corrected chi connectivity index (χ2v) is 8.59. The molecule has 4 nitrogen and oxygen atoms in total. The van der Waals surface area contributed by atoms with E-state index in [4.69, 9.17) is 0 Å². The molecule has 1 aromatic heterocycles. The lowest BCUT2D eigenvalue weighted by atomic mass is 9.86. The van der Waals surface area contributed by atoms with Crippen molar-refractivity contribution in [1.82, 2.24) is 15.0 Å². The highest BCUT2D eigenvalue weighted by molar-refractivity contribution is 5.92. The first-order chi connectivity index (χ1) is 13.3. The number of carbonyl (C=O) groups is 1. The molecule has 0 bridgehead atoms. The summed E-state index contributed by atoms with van der Waals surface area (Å²) in [6, 6.07) is 8.63. The molecule has 2 aromatic rings. The van der Waals surface area contributed by atoms with Crippen LogP contribution in [0.15, 0.2) is 30.3 Å². The van der Waals surface area contributed by atoms with E-state index in [9.17, 15) is 4.79 Å². The van der Waals surface area contributed by atoms with Crippen molar-refractivity contribution in [3.63, 3.8) is 0 Å². The summed E-state index contributed by atoms with van der Waals surface area (Å²) in [5.74, 6) is 0.0134. The zero-order valence-corrected chi connectivity index (χ0v) is 18.2. The van der Waals surface area contributed by atoms with Crippen LogP contribution in [0.1, 0.15) is 84.4 Å². The lowest BCUT2D eigenvalue weighted by molar-refractivity contribution is -0.112. The maximum atomic E-state index is 11.4. The molecule has 0 saturated carbocycles. The molecule has 0 radical (unpaired) electrons. The number of nitrogens with zero attached hydrogens (tertiary/aromatic N) is 3. The van der Waals surface area contributed by atoms with Crippen LogP contribution in [0.2, 0.25) is 0 Å². The molecule has 0 N–H and O–H groups in total. The Morgan fingerprint density at radius 3 is 2.29 bits per heavy atom. The predicted molar refractivity (Wildman–Crippen MR) is 117 cm³/mol. The molecule has 0 saturated heterocycles. The number of aryl methyl sites for hydroxylation is 1. The lowest BCUT2D eigenvalue weighted by Crippen LogP contribution is -2.10. The molecule has 0 aliphatic rings. The van der Waals surface area contributed by atoms with Crippen LogP contribution in [0, 0.1) is 0 Å². The molecule has 0 aliphatic carbocycles. The summed E-state index contributed by atoms with van der Waals surface area (Å²) in [4.78, 5) is 11.4. The smallest absolute Gasteiger partial charge is 0.152 e. The molecule has 2 rings (SSSR count). The highest BCUT2D eigenvalue weighted by Crippen LogP contribution is 2.28. The van der Waals surface area contributed by atoms with Gasteiger partial charge in [-0.05, 0) is 36.5 Å². The topological polar surface area (TPSA) is 47.8 Å². The third-order valence-corrected chi connectivity index (χ3v) is 4.98. The van der Waals surface area contributed by atoms with Crippen molar-refractivity contribution in [1.29, 1.82) is 0 Å². The number of carbonyl (C=O) groups excluding carboxylic acids is 1. The van der Waals surface area contributed by atoms with Gasteiger partial charge in [-0.25, -0.2) is 4.68 Å². The van der Waals surface area contributed by atoms with Crippen LogP contribution in [-0.2, 0) is 16.8 Å². The number of hydrogen-bond acceptors (Lipinski definition) is 3. The first kappa shape index (κ1) is 22.1. The van der Waals surface area contributed by atoms with Gasteiger partial charge < -0.3 is 0 Å². The Balaban J connectivity index is 2.23. The molecule has 0 fully saturated rings.